The molecule has 0 fully saturated rings. The molecule has 4 aromatic rings. The number of fused-ring (bicyclic) bond motifs is 1. The zero-order valence-electron chi connectivity index (χ0n) is 17.8. The van der Waals surface area contributed by atoms with Gasteiger partial charge in [-0.1, -0.05) is 12.1 Å². The average molecular weight is 480 g/mol. The van der Waals surface area contributed by atoms with E-state index < -0.39 is 18.5 Å². The molecule has 2 heterocycles. The van der Waals surface area contributed by atoms with E-state index in [4.69, 9.17) is 4.74 Å². The molecule has 0 unspecified atom stereocenters. The van der Waals surface area contributed by atoms with E-state index in [9.17, 15) is 14.4 Å². The molecule has 0 bridgehead atoms. The van der Waals surface area contributed by atoms with E-state index in [1.807, 2.05) is 24.3 Å². The van der Waals surface area contributed by atoms with Gasteiger partial charge in [0.25, 0.3) is 11.8 Å². The Hall–Kier alpha value is -3.56. The van der Waals surface area contributed by atoms with Gasteiger partial charge in [-0.25, -0.2) is 4.98 Å². The smallest absolute Gasteiger partial charge is 0.308 e. The summed E-state index contributed by atoms with van der Waals surface area (Å²) in [7, 11) is 0. The number of nitrogens with zero attached hydrogens (tertiary/aromatic N) is 1. The highest BCUT2D eigenvalue weighted by atomic mass is 32.1. The van der Waals surface area contributed by atoms with Crippen molar-refractivity contribution in [3.63, 3.8) is 0 Å². The number of aromatic nitrogens is 1. The van der Waals surface area contributed by atoms with Crippen molar-refractivity contribution in [1.82, 2.24) is 10.3 Å². The zero-order valence-corrected chi connectivity index (χ0v) is 19.4. The molecular formula is C24H21N3O4S2. The Morgan fingerprint density at radius 1 is 1.06 bits per heavy atom. The summed E-state index contributed by atoms with van der Waals surface area (Å²) in [6.07, 6.45) is -0.0131. The van der Waals surface area contributed by atoms with Gasteiger partial charge in [0, 0.05) is 17.8 Å². The number of rotatable bonds is 8. The van der Waals surface area contributed by atoms with Crippen molar-refractivity contribution < 1.29 is 19.1 Å². The predicted molar refractivity (Wildman–Crippen MR) is 131 cm³/mol. The summed E-state index contributed by atoms with van der Waals surface area (Å²) in [4.78, 5) is 40.9. The minimum absolute atomic E-state index is 0.0131. The summed E-state index contributed by atoms with van der Waals surface area (Å²) >= 11 is 2.94. The summed E-state index contributed by atoms with van der Waals surface area (Å²) in [5, 5.41) is 8.05. The number of ether oxygens (including phenoxy) is 1. The van der Waals surface area contributed by atoms with Crippen LogP contribution in [0, 0.1) is 6.92 Å². The summed E-state index contributed by atoms with van der Waals surface area (Å²) in [5.74, 6) is -1.23. The molecular weight excluding hydrogens is 458 g/mol. The van der Waals surface area contributed by atoms with Crippen LogP contribution in [0.15, 0.2) is 60.0 Å². The molecule has 33 heavy (non-hydrogen) atoms. The van der Waals surface area contributed by atoms with E-state index in [-0.39, 0.29) is 18.9 Å². The maximum absolute atomic E-state index is 12.1. The number of hydrogen-bond acceptors (Lipinski definition) is 7. The fourth-order valence-electron chi connectivity index (χ4n) is 3.04. The number of carbonyl (C=O) groups is 3. The Balaban J connectivity index is 1.22. The van der Waals surface area contributed by atoms with Crippen LogP contribution >= 0.6 is 22.7 Å². The lowest BCUT2D eigenvalue weighted by Crippen LogP contribution is -2.27. The topological polar surface area (TPSA) is 97.4 Å². The minimum atomic E-state index is -0.557. The van der Waals surface area contributed by atoms with Gasteiger partial charge in [0.1, 0.15) is 5.01 Å². The normalized spacial score (nSPS) is 10.7. The predicted octanol–water partition coefficient (Wildman–Crippen LogP) is 4.64. The molecule has 2 aromatic heterocycles. The first-order valence-corrected chi connectivity index (χ1v) is 11.9. The molecule has 2 N–H and O–H groups in total. The first kappa shape index (κ1) is 22.6. The van der Waals surface area contributed by atoms with E-state index in [2.05, 4.69) is 28.6 Å². The molecule has 0 aliphatic carbocycles. The Kier molecular flexibility index (Phi) is 7.11. The van der Waals surface area contributed by atoms with Crippen molar-refractivity contribution in [3.05, 3.63) is 70.4 Å². The van der Waals surface area contributed by atoms with E-state index in [1.165, 1.54) is 16.9 Å². The van der Waals surface area contributed by atoms with Crippen LogP contribution in [0.4, 0.5) is 5.69 Å². The lowest BCUT2D eigenvalue weighted by molar-refractivity contribution is -0.147. The zero-order chi connectivity index (χ0) is 23.2. The van der Waals surface area contributed by atoms with Crippen molar-refractivity contribution in [2.75, 3.05) is 18.5 Å². The number of benzene rings is 2. The van der Waals surface area contributed by atoms with Crippen LogP contribution in [-0.4, -0.2) is 35.9 Å². The number of esters is 1. The summed E-state index contributed by atoms with van der Waals surface area (Å²) in [6, 6.07) is 17.0. The van der Waals surface area contributed by atoms with E-state index >= 15 is 0 Å². The molecule has 7 nitrogen and oxygen atoms in total. The van der Waals surface area contributed by atoms with Crippen molar-refractivity contribution in [3.8, 4) is 10.6 Å². The van der Waals surface area contributed by atoms with Gasteiger partial charge >= 0.3 is 5.97 Å². The molecule has 4 rings (SSSR count). The highest BCUT2D eigenvalue weighted by Crippen LogP contribution is 2.31. The Morgan fingerprint density at radius 2 is 1.88 bits per heavy atom. The maximum atomic E-state index is 12.1. The van der Waals surface area contributed by atoms with Crippen molar-refractivity contribution in [1.29, 1.82) is 0 Å². The molecule has 0 aliphatic rings. The van der Waals surface area contributed by atoms with Crippen LogP contribution in [0.1, 0.15) is 21.7 Å². The summed E-state index contributed by atoms with van der Waals surface area (Å²) in [6.45, 7) is 1.80. The lowest BCUT2D eigenvalue weighted by Gasteiger charge is -2.07. The van der Waals surface area contributed by atoms with Gasteiger partial charge < -0.3 is 15.4 Å². The van der Waals surface area contributed by atoms with Gasteiger partial charge in [-0.15, -0.1) is 22.7 Å². The first-order chi connectivity index (χ1) is 16.0. The first-order valence-electron chi connectivity index (χ1n) is 10.2. The Labute approximate surface area is 198 Å². The standard InChI is InChI=1S/C24H21N3O4S2/c1-15-4-9-18-20(13-15)33-24(27-18)16-5-7-17(8-6-16)26-21(28)14-31-22(29)10-11-25-23(30)19-3-2-12-32-19/h2-9,12-13H,10-11,14H2,1H3,(H,25,30)(H,26,28). The number of anilines is 1. The number of thiophene rings is 1. The minimum Gasteiger partial charge on any atom is -0.456 e. The number of carbonyl (C=O) groups excluding carboxylic acids is 3. The number of thiazole rings is 1. The summed E-state index contributed by atoms with van der Waals surface area (Å²) in [5.41, 5.74) is 3.72. The quantitative estimate of drug-likeness (QED) is 0.359. The van der Waals surface area contributed by atoms with Crippen molar-refractivity contribution in [2.45, 2.75) is 13.3 Å². The number of nitrogens with one attached hydrogen (secondary N) is 2. The third kappa shape index (κ3) is 6.03. The molecule has 0 saturated carbocycles. The van der Waals surface area contributed by atoms with Gasteiger partial charge in [0.05, 0.1) is 21.5 Å². The SMILES string of the molecule is Cc1ccc2nc(-c3ccc(NC(=O)COC(=O)CCNC(=O)c4cccs4)cc3)sc2c1. The van der Waals surface area contributed by atoms with E-state index in [1.54, 1.807) is 41.0 Å². The molecule has 0 atom stereocenters. The molecule has 2 amide bonds. The maximum Gasteiger partial charge on any atom is 0.308 e. The molecule has 2 aromatic carbocycles. The van der Waals surface area contributed by atoms with Gasteiger partial charge in [-0.3, -0.25) is 14.4 Å². The molecule has 0 spiro atoms. The van der Waals surface area contributed by atoms with Gasteiger partial charge in [-0.05, 0) is 60.3 Å². The second kappa shape index (κ2) is 10.4. The van der Waals surface area contributed by atoms with Crippen LogP contribution in [-0.2, 0) is 14.3 Å². The fourth-order valence-corrected chi connectivity index (χ4v) is 4.75. The van der Waals surface area contributed by atoms with Crippen molar-refractivity contribution >= 4 is 56.4 Å². The number of amides is 2. The highest BCUT2D eigenvalue weighted by Gasteiger charge is 2.11. The highest BCUT2D eigenvalue weighted by molar-refractivity contribution is 7.21. The van der Waals surface area contributed by atoms with E-state index in [0.717, 1.165) is 20.8 Å². The molecule has 168 valence electrons. The number of aryl methyl sites for hydroxylation is 1. The molecule has 0 saturated heterocycles. The van der Waals surface area contributed by atoms with Crippen LogP contribution in [0.25, 0.3) is 20.8 Å². The third-order valence-electron chi connectivity index (χ3n) is 4.68. The fraction of sp³-hybridized carbons (Fsp3) is 0.167. The van der Waals surface area contributed by atoms with Gasteiger partial charge in [0.2, 0.25) is 0 Å². The monoisotopic (exact) mass is 479 g/mol. The van der Waals surface area contributed by atoms with Crippen LogP contribution in [0.5, 0.6) is 0 Å². The molecule has 0 aliphatic heterocycles. The van der Waals surface area contributed by atoms with E-state index in [0.29, 0.717) is 10.6 Å². The van der Waals surface area contributed by atoms with Crippen LogP contribution in [0.2, 0.25) is 0 Å². The van der Waals surface area contributed by atoms with Gasteiger partial charge in [-0.2, -0.15) is 0 Å². The van der Waals surface area contributed by atoms with Crippen LogP contribution < -0.4 is 10.6 Å². The lowest BCUT2D eigenvalue weighted by atomic mass is 10.2. The summed E-state index contributed by atoms with van der Waals surface area (Å²) < 4.78 is 6.11. The number of hydrogen-bond donors (Lipinski definition) is 2. The second-order valence-corrected chi connectivity index (χ2v) is 9.24. The average Bonchev–Trinajstić information content (AvgIpc) is 3.48. The van der Waals surface area contributed by atoms with Gasteiger partial charge in [0.15, 0.2) is 6.61 Å². The largest absolute Gasteiger partial charge is 0.456 e. The molecule has 0 radical (unpaired) electrons. The van der Waals surface area contributed by atoms with Crippen LogP contribution in [0.3, 0.4) is 0 Å². The Morgan fingerprint density at radius 3 is 2.64 bits per heavy atom. The van der Waals surface area contributed by atoms with Crippen molar-refractivity contribution in [2.24, 2.45) is 0 Å². The Bertz CT molecular complexity index is 1280. The second-order valence-electron chi connectivity index (χ2n) is 7.26. The third-order valence-corrected chi connectivity index (χ3v) is 6.62. The molecule has 9 heteroatoms.